The molecule has 0 aliphatic carbocycles. The van der Waals surface area contributed by atoms with Crippen molar-refractivity contribution >= 4 is 5.91 Å². The Morgan fingerprint density at radius 1 is 1.39 bits per heavy atom. The Morgan fingerprint density at radius 2 is 2.00 bits per heavy atom. The van der Waals surface area contributed by atoms with E-state index < -0.39 is 11.1 Å². The highest BCUT2D eigenvalue weighted by Gasteiger charge is 2.36. The second-order valence-corrected chi connectivity index (χ2v) is 5.72. The van der Waals surface area contributed by atoms with Gasteiger partial charge in [0.15, 0.2) is 0 Å². The summed E-state index contributed by atoms with van der Waals surface area (Å²) in [4.78, 5) is 12.2. The van der Waals surface area contributed by atoms with E-state index in [-0.39, 0.29) is 5.91 Å². The van der Waals surface area contributed by atoms with Gasteiger partial charge in [-0.15, -0.1) is 0 Å². The van der Waals surface area contributed by atoms with Crippen LogP contribution in [0.5, 0.6) is 0 Å². The van der Waals surface area contributed by atoms with Crippen molar-refractivity contribution in [2.75, 3.05) is 0 Å². The molecule has 2 N–H and O–H groups in total. The zero-order chi connectivity index (χ0) is 14.0. The molecular formula is C14H24N2O2. The molecule has 0 fully saturated rings. The normalized spacial score (nSPS) is 12.6. The van der Waals surface area contributed by atoms with Gasteiger partial charge in [0.25, 0.3) is 5.91 Å². The first kappa shape index (κ1) is 14.8. The zero-order valence-corrected chi connectivity index (χ0v) is 11.9. The molecule has 0 aromatic carbocycles. The Balaban J connectivity index is 2.86. The molecule has 0 radical (unpaired) electrons. The average molecular weight is 252 g/mol. The van der Waals surface area contributed by atoms with Crippen LogP contribution < -0.4 is 5.32 Å². The number of nitrogens with one attached hydrogen (secondary N) is 1. The van der Waals surface area contributed by atoms with Crippen molar-refractivity contribution in [1.82, 2.24) is 9.88 Å². The average Bonchev–Trinajstić information content (AvgIpc) is 2.64. The molecule has 0 spiro atoms. The third-order valence-corrected chi connectivity index (χ3v) is 3.48. The smallest absolute Gasteiger partial charge is 0.268 e. The fraction of sp³-hybridized carbons (Fsp3) is 0.643. The third kappa shape index (κ3) is 3.13. The summed E-state index contributed by atoms with van der Waals surface area (Å²) in [6.07, 6.45) is 2.87. The van der Waals surface area contributed by atoms with Gasteiger partial charge in [0.1, 0.15) is 5.69 Å². The van der Waals surface area contributed by atoms with E-state index in [0.29, 0.717) is 5.69 Å². The molecule has 102 valence electrons. The highest BCUT2D eigenvalue weighted by atomic mass is 16.3. The monoisotopic (exact) mass is 252 g/mol. The van der Waals surface area contributed by atoms with Crippen LogP contribution in [0.15, 0.2) is 18.3 Å². The quantitative estimate of drug-likeness (QED) is 0.844. The van der Waals surface area contributed by atoms with E-state index >= 15 is 0 Å². The largest absolute Gasteiger partial charge is 0.388 e. The Morgan fingerprint density at radius 3 is 2.50 bits per heavy atom. The van der Waals surface area contributed by atoms with Crippen molar-refractivity contribution in [1.29, 1.82) is 0 Å². The molecule has 0 saturated carbocycles. The van der Waals surface area contributed by atoms with E-state index in [2.05, 4.69) is 12.2 Å². The van der Waals surface area contributed by atoms with E-state index in [4.69, 9.17) is 0 Å². The molecular weight excluding hydrogens is 228 g/mol. The van der Waals surface area contributed by atoms with Crippen LogP contribution in [-0.2, 0) is 6.54 Å². The zero-order valence-electron chi connectivity index (χ0n) is 11.9. The van der Waals surface area contributed by atoms with E-state index in [1.54, 1.807) is 19.9 Å². The lowest BCUT2D eigenvalue weighted by Crippen LogP contribution is -2.57. The third-order valence-electron chi connectivity index (χ3n) is 3.48. The Kier molecular flexibility index (Phi) is 4.22. The summed E-state index contributed by atoms with van der Waals surface area (Å²) in [5.74, 6) is -0.152. The molecule has 1 rings (SSSR count). The molecule has 4 heteroatoms. The minimum atomic E-state index is -0.981. The number of hydrogen-bond donors (Lipinski definition) is 2. The van der Waals surface area contributed by atoms with Crippen LogP contribution in [0.4, 0.5) is 0 Å². The number of carbonyl (C=O) groups excluding carboxylic acids is 1. The molecule has 1 aromatic heterocycles. The molecule has 0 aliphatic rings. The first-order valence-electron chi connectivity index (χ1n) is 6.39. The Bertz CT molecular complexity index is 414. The predicted octanol–water partition coefficient (Wildman–Crippen LogP) is 2.18. The Labute approximate surface area is 109 Å². The summed E-state index contributed by atoms with van der Waals surface area (Å²) in [5.41, 5.74) is -1.04. The van der Waals surface area contributed by atoms with Gasteiger partial charge in [-0.3, -0.25) is 4.79 Å². The Hall–Kier alpha value is -1.29. The second-order valence-electron chi connectivity index (χ2n) is 5.72. The van der Waals surface area contributed by atoms with Crippen molar-refractivity contribution in [2.45, 2.75) is 58.7 Å². The number of aromatic nitrogens is 1. The van der Waals surface area contributed by atoms with Gasteiger partial charge in [0.2, 0.25) is 0 Å². The molecule has 0 unspecified atom stereocenters. The number of hydrogen-bond acceptors (Lipinski definition) is 2. The number of carbonyl (C=O) groups is 1. The number of amides is 1. The van der Waals surface area contributed by atoms with E-state index in [9.17, 15) is 9.90 Å². The van der Waals surface area contributed by atoms with Gasteiger partial charge < -0.3 is 15.0 Å². The number of rotatable bonds is 5. The van der Waals surface area contributed by atoms with Crippen molar-refractivity contribution in [3.05, 3.63) is 24.0 Å². The van der Waals surface area contributed by atoms with E-state index in [1.165, 1.54) is 0 Å². The first-order chi connectivity index (χ1) is 8.19. The fourth-order valence-electron chi connectivity index (χ4n) is 1.56. The number of aliphatic hydroxyl groups is 1. The van der Waals surface area contributed by atoms with Crippen LogP contribution in [0, 0.1) is 0 Å². The van der Waals surface area contributed by atoms with Crippen molar-refractivity contribution in [3.63, 3.8) is 0 Å². The van der Waals surface area contributed by atoms with Gasteiger partial charge in [0, 0.05) is 12.7 Å². The lowest BCUT2D eigenvalue weighted by molar-refractivity contribution is -0.00310. The SMILES string of the molecule is CCCn1cccc1C(=O)NC(C)(C)C(C)(C)O. The van der Waals surface area contributed by atoms with Crippen LogP contribution in [0.1, 0.15) is 51.5 Å². The van der Waals surface area contributed by atoms with Gasteiger partial charge in [-0.1, -0.05) is 6.92 Å². The van der Waals surface area contributed by atoms with Crippen LogP contribution in [0.2, 0.25) is 0 Å². The molecule has 1 aromatic rings. The van der Waals surface area contributed by atoms with Crippen LogP contribution in [0.25, 0.3) is 0 Å². The highest BCUT2D eigenvalue weighted by Crippen LogP contribution is 2.21. The molecule has 4 nitrogen and oxygen atoms in total. The second kappa shape index (κ2) is 5.14. The van der Waals surface area contributed by atoms with Gasteiger partial charge in [-0.25, -0.2) is 0 Å². The summed E-state index contributed by atoms with van der Waals surface area (Å²) in [5, 5.41) is 12.9. The molecule has 1 amide bonds. The standard InChI is InChI=1S/C14H24N2O2/c1-6-9-16-10-7-8-11(16)12(17)15-13(2,3)14(4,5)18/h7-8,10,18H,6,9H2,1-5H3,(H,15,17). The van der Waals surface area contributed by atoms with E-state index in [1.807, 2.05) is 30.7 Å². The summed E-state index contributed by atoms with van der Waals surface area (Å²) < 4.78 is 1.93. The van der Waals surface area contributed by atoms with Crippen LogP contribution in [0.3, 0.4) is 0 Å². The van der Waals surface area contributed by atoms with Crippen molar-refractivity contribution < 1.29 is 9.90 Å². The molecule has 0 aliphatic heterocycles. The highest BCUT2D eigenvalue weighted by molar-refractivity contribution is 5.93. The van der Waals surface area contributed by atoms with Crippen LogP contribution in [-0.4, -0.2) is 26.7 Å². The minimum Gasteiger partial charge on any atom is -0.388 e. The molecule has 18 heavy (non-hydrogen) atoms. The maximum Gasteiger partial charge on any atom is 0.268 e. The maximum absolute atomic E-state index is 12.2. The minimum absolute atomic E-state index is 0.152. The van der Waals surface area contributed by atoms with Gasteiger partial charge >= 0.3 is 0 Å². The maximum atomic E-state index is 12.2. The summed E-state index contributed by atoms with van der Waals surface area (Å²) in [6.45, 7) is 9.91. The molecule has 0 saturated heterocycles. The van der Waals surface area contributed by atoms with Gasteiger partial charge in [-0.05, 0) is 46.2 Å². The number of nitrogens with zero attached hydrogens (tertiary/aromatic N) is 1. The molecule has 1 heterocycles. The molecule has 0 bridgehead atoms. The number of aryl methyl sites for hydroxylation is 1. The lowest BCUT2D eigenvalue weighted by atomic mass is 9.86. The first-order valence-corrected chi connectivity index (χ1v) is 6.39. The summed E-state index contributed by atoms with van der Waals surface area (Å²) in [6, 6.07) is 3.66. The lowest BCUT2D eigenvalue weighted by Gasteiger charge is -2.38. The van der Waals surface area contributed by atoms with Gasteiger partial charge in [-0.2, -0.15) is 0 Å². The predicted molar refractivity (Wildman–Crippen MR) is 72.6 cm³/mol. The molecule has 0 atom stereocenters. The van der Waals surface area contributed by atoms with Gasteiger partial charge in [0.05, 0.1) is 11.1 Å². The van der Waals surface area contributed by atoms with Crippen molar-refractivity contribution in [3.8, 4) is 0 Å². The van der Waals surface area contributed by atoms with Crippen molar-refractivity contribution in [2.24, 2.45) is 0 Å². The topological polar surface area (TPSA) is 54.3 Å². The fourth-order valence-corrected chi connectivity index (χ4v) is 1.56. The summed E-state index contributed by atoms with van der Waals surface area (Å²) >= 11 is 0. The van der Waals surface area contributed by atoms with Crippen LogP contribution >= 0.6 is 0 Å². The van der Waals surface area contributed by atoms with E-state index in [0.717, 1.165) is 13.0 Å². The summed E-state index contributed by atoms with van der Waals surface area (Å²) in [7, 11) is 0.